The van der Waals surface area contributed by atoms with E-state index in [1.54, 1.807) is 14.0 Å². The van der Waals surface area contributed by atoms with Gasteiger partial charge in [-0.25, -0.2) is 0 Å². The summed E-state index contributed by atoms with van der Waals surface area (Å²) in [6.07, 6.45) is 0. The van der Waals surface area contributed by atoms with Crippen LogP contribution in [0.1, 0.15) is 16.2 Å². The summed E-state index contributed by atoms with van der Waals surface area (Å²) in [5.41, 5.74) is 0.787. The second-order valence-corrected chi connectivity index (χ2v) is 3.51. The second-order valence-electron chi connectivity index (χ2n) is 3.13. The fraction of sp³-hybridized carbons (Fsp3) is 0.444. The quantitative estimate of drug-likeness (QED) is 0.777. The maximum absolute atomic E-state index is 11.7. The predicted octanol–water partition coefficient (Wildman–Crippen LogP) is 0.285. The maximum Gasteiger partial charge on any atom is 0.325 e. The molecule has 0 aliphatic carbocycles. The molecule has 0 aliphatic heterocycles. The number of halogens is 1. The molecule has 6 nitrogen and oxygen atoms in total. The molecule has 1 amide bonds. The minimum absolute atomic E-state index is 0.199. The average Bonchev–Trinajstić information content (AvgIpc) is 2.49. The number of ether oxygens (including phenoxy) is 1. The van der Waals surface area contributed by atoms with Gasteiger partial charge in [-0.1, -0.05) is 11.6 Å². The molecule has 0 fully saturated rings. The van der Waals surface area contributed by atoms with E-state index in [0.29, 0.717) is 5.69 Å². The molecular weight excluding hydrogens is 234 g/mol. The molecule has 0 unspecified atom stereocenters. The molecule has 0 aliphatic rings. The van der Waals surface area contributed by atoms with E-state index in [1.807, 2.05) is 0 Å². The Balaban J connectivity index is 2.77. The lowest BCUT2D eigenvalue weighted by Crippen LogP contribution is -2.31. The molecular formula is C9H12ClN3O3. The maximum atomic E-state index is 11.7. The van der Waals surface area contributed by atoms with E-state index in [2.05, 4.69) is 15.2 Å². The highest BCUT2D eigenvalue weighted by molar-refractivity contribution is 6.34. The van der Waals surface area contributed by atoms with Gasteiger partial charge in [0.15, 0.2) is 0 Å². The first-order valence-electron chi connectivity index (χ1n) is 4.51. The highest BCUT2D eigenvalue weighted by atomic mass is 35.5. The van der Waals surface area contributed by atoms with Crippen LogP contribution < -0.4 is 5.32 Å². The van der Waals surface area contributed by atoms with Crippen molar-refractivity contribution >= 4 is 23.5 Å². The largest absolute Gasteiger partial charge is 0.468 e. The Bertz CT molecular complexity index is 428. The molecule has 1 heterocycles. The molecule has 16 heavy (non-hydrogen) atoms. The molecule has 1 aromatic rings. The number of carbonyl (C=O) groups excluding carboxylic acids is 2. The summed E-state index contributed by atoms with van der Waals surface area (Å²) in [6, 6.07) is 0. The van der Waals surface area contributed by atoms with Crippen LogP contribution in [-0.4, -0.2) is 35.3 Å². The topological polar surface area (TPSA) is 73.2 Å². The van der Waals surface area contributed by atoms with Crippen molar-refractivity contribution in [3.8, 4) is 0 Å². The van der Waals surface area contributed by atoms with Gasteiger partial charge in [-0.3, -0.25) is 14.3 Å². The first kappa shape index (κ1) is 12.5. The van der Waals surface area contributed by atoms with Gasteiger partial charge in [0.25, 0.3) is 5.91 Å². The van der Waals surface area contributed by atoms with Crippen molar-refractivity contribution in [3.05, 3.63) is 16.4 Å². The molecule has 7 heteroatoms. The summed E-state index contributed by atoms with van der Waals surface area (Å²) in [5.74, 6) is -0.984. The Kier molecular flexibility index (Phi) is 3.89. The lowest BCUT2D eigenvalue weighted by atomic mass is 10.3. The number of amides is 1. The Morgan fingerprint density at radius 1 is 1.56 bits per heavy atom. The second kappa shape index (κ2) is 4.98. The molecule has 1 rings (SSSR count). The normalized spacial score (nSPS) is 10.0. The third-order valence-corrected chi connectivity index (χ3v) is 2.44. The molecule has 0 aromatic carbocycles. The minimum Gasteiger partial charge on any atom is -0.468 e. The van der Waals surface area contributed by atoms with Crippen LogP contribution in [0.25, 0.3) is 0 Å². The summed E-state index contributed by atoms with van der Waals surface area (Å²) >= 11 is 5.90. The van der Waals surface area contributed by atoms with E-state index in [-0.39, 0.29) is 17.3 Å². The van der Waals surface area contributed by atoms with Crippen molar-refractivity contribution in [1.29, 1.82) is 0 Å². The third-order valence-electron chi connectivity index (χ3n) is 1.99. The van der Waals surface area contributed by atoms with Crippen molar-refractivity contribution in [2.45, 2.75) is 6.92 Å². The van der Waals surface area contributed by atoms with Crippen LogP contribution in [0.3, 0.4) is 0 Å². The van der Waals surface area contributed by atoms with Gasteiger partial charge in [0.1, 0.15) is 12.2 Å². The average molecular weight is 246 g/mol. The summed E-state index contributed by atoms with van der Waals surface area (Å²) in [7, 11) is 2.85. The molecule has 0 atom stereocenters. The Labute approximate surface area is 97.5 Å². The van der Waals surface area contributed by atoms with E-state index >= 15 is 0 Å². The van der Waals surface area contributed by atoms with Gasteiger partial charge >= 0.3 is 5.97 Å². The van der Waals surface area contributed by atoms with E-state index < -0.39 is 11.9 Å². The van der Waals surface area contributed by atoms with E-state index in [9.17, 15) is 9.59 Å². The summed E-state index contributed by atoms with van der Waals surface area (Å²) in [4.78, 5) is 22.5. The number of nitrogens with zero attached hydrogens (tertiary/aromatic N) is 2. The van der Waals surface area contributed by atoms with Gasteiger partial charge < -0.3 is 10.1 Å². The van der Waals surface area contributed by atoms with Crippen LogP contribution in [0.5, 0.6) is 0 Å². The molecule has 1 N–H and O–H groups in total. The number of rotatable bonds is 3. The van der Waals surface area contributed by atoms with E-state index in [4.69, 9.17) is 11.6 Å². The highest BCUT2D eigenvalue weighted by Crippen LogP contribution is 2.18. The lowest BCUT2D eigenvalue weighted by Gasteiger charge is -2.04. The van der Waals surface area contributed by atoms with Gasteiger partial charge in [-0.2, -0.15) is 5.10 Å². The van der Waals surface area contributed by atoms with Crippen LogP contribution in [0.4, 0.5) is 0 Å². The van der Waals surface area contributed by atoms with Crippen molar-refractivity contribution in [2.24, 2.45) is 7.05 Å². The Hall–Kier alpha value is -1.56. The lowest BCUT2D eigenvalue weighted by molar-refractivity contribution is -0.139. The molecule has 0 saturated heterocycles. The van der Waals surface area contributed by atoms with Gasteiger partial charge in [0, 0.05) is 7.05 Å². The van der Waals surface area contributed by atoms with Crippen molar-refractivity contribution < 1.29 is 14.3 Å². The summed E-state index contributed by atoms with van der Waals surface area (Å²) in [6.45, 7) is 1.50. The minimum atomic E-state index is -0.525. The zero-order valence-electron chi connectivity index (χ0n) is 9.20. The molecule has 88 valence electrons. The first-order valence-corrected chi connectivity index (χ1v) is 4.89. The van der Waals surface area contributed by atoms with Crippen LogP contribution in [0.15, 0.2) is 0 Å². The van der Waals surface area contributed by atoms with Crippen LogP contribution in [0.2, 0.25) is 5.02 Å². The van der Waals surface area contributed by atoms with E-state index in [0.717, 1.165) is 0 Å². The van der Waals surface area contributed by atoms with Gasteiger partial charge in [-0.15, -0.1) is 0 Å². The van der Waals surface area contributed by atoms with E-state index in [1.165, 1.54) is 11.8 Å². The van der Waals surface area contributed by atoms with Crippen molar-refractivity contribution in [3.63, 3.8) is 0 Å². The Morgan fingerprint density at radius 2 is 2.19 bits per heavy atom. The third kappa shape index (κ3) is 2.52. The number of methoxy groups -OCH3 is 1. The number of hydrogen-bond acceptors (Lipinski definition) is 4. The van der Waals surface area contributed by atoms with Gasteiger partial charge in [-0.05, 0) is 6.92 Å². The van der Waals surface area contributed by atoms with Crippen LogP contribution in [-0.2, 0) is 16.6 Å². The Morgan fingerprint density at radius 3 is 2.62 bits per heavy atom. The first-order chi connectivity index (χ1) is 7.47. The van der Waals surface area contributed by atoms with Crippen molar-refractivity contribution in [2.75, 3.05) is 13.7 Å². The zero-order valence-corrected chi connectivity index (χ0v) is 9.96. The fourth-order valence-corrected chi connectivity index (χ4v) is 1.43. The number of aromatic nitrogens is 2. The number of aryl methyl sites for hydroxylation is 2. The monoisotopic (exact) mass is 245 g/mol. The summed E-state index contributed by atoms with van der Waals surface area (Å²) < 4.78 is 5.76. The number of nitrogens with one attached hydrogen (secondary N) is 1. The number of hydrogen-bond donors (Lipinski definition) is 1. The molecule has 0 spiro atoms. The molecule has 0 bridgehead atoms. The zero-order chi connectivity index (χ0) is 12.3. The highest BCUT2D eigenvalue weighted by Gasteiger charge is 2.18. The van der Waals surface area contributed by atoms with Crippen molar-refractivity contribution in [1.82, 2.24) is 15.1 Å². The molecule has 1 aromatic heterocycles. The molecule has 0 saturated carbocycles. The predicted molar refractivity (Wildman–Crippen MR) is 57.3 cm³/mol. The van der Waals surface area contributed by atoms with Crippen LogP contribution in [0, 0.1) is 6.92 Å². The van der Waals surface area contributed by atoms with Gasteiger partial charge in [0.05, 0.1) is 17.8 Å². The smallest absolute Gasteiger partial charge is 0.325 e. The summed E-state index contributed by atoms with van der Waals surface area (Å²) in [5, 5.41) is 6.65. The SMILES string of the molecule is COC(=O)CNC(=O)c1c(Cl)c(C)nn1C. The van der Waals surface area contributed by atoms with Gasteiger partial charge in [0.2, 0.25) is 0 Å². The molecule has 0 radical (unpaired) electrons. The number of esters is 1. The standard InChI is InChI=1S/C9H12ClN3O3/c1-5-7(10)8(13(2)12-5)9(15)11-4-6(14)16-3/h4H2,1-3H3,(H,11,15). The number of carbonyl (C=O) groups is 2. The fourth-order valence-electron chi connectivity index (χ4n) is 1.19. The van der Waals surface area contributed by atoms with Crippen LogP contribution >= 0.6 is 11.6 Å².